The summed E-state index contributed by atoms with van der Waals surface area (Å²) in [5.41, 5.74) is -0.602. The lowest BCUT2D eigenvalue weighted by atomic mass is 9.70. The van der Waals surface area contributed by atoms with Crippen molar-refractivity contribution in [1.82, 2.24) is 20.0 Å². The zero-order chi connectivity index (χ0) is 38.7. The van der Waals surface area contributed by atoms with Crippen LogP contribution in [0.1, 0.15) is 56.6 Å². The Morgan fingerprint density at radius 2 is 1.85 bits per heavy atom. The molecule has 4 aliphatic heterocycles. The van der Waals surface area contributed by atoms with E-state index in [1.807, 2.05) is 30.3 Å². The molecule has 1 aromatic rings. The summed E-state index contributed by atoms with van der Waals surface area (Å²) < 4.78 is 24.2. The molecule has 4 saturated heterocycles. The summed E-state index contributed by atoms with van der Waals surface area (Å²) in [5.74, 6) is -3.35. The number of nitrogens with one attached hydrogen (secondary N) is 1. The second kappa shape index (κ2) is 20.1. The van der Waals surface area contributed by atoms with E-state index in [4.69, 9.17) is 18.9 Å². The Hall–Kier alpha value is -3.14. The summed E-state index contributed by atoms with van der Waals surface area (Å²) in [6, 6.07) is 7.47. The van der Waals surface area contributed by atoms with Crippen LogP contribution in [-0.2, 0) is 38.1 Å². The summed E-state index contributed by atoms with van der Waals surface area (Å²) in [6.45, 7) is 12.3. The van der Waals surface area contributed by atoms with Crippen molar-refractivity contribution in [2.75, 3.05) is 72.8 Å². The van der Waals surface area contributed by atoms with Crippen LogP contribution in [0.4, 0.5) is 0 Å². The van der Waals surface area contributed by atoms with E-state index in [0.717, 1.165) is 25.9 Å². The number of methoxy groups -OCH3 is 1. The van der Waals surface area contributed by atoms with Gasteiger partial charge in [-0.3, -0.25) is 24.1 Å². The van der Waals surface area contributed by atoms with E-state index in [-0.39, 0.29) is 42.2 Å². The van der Waals surface area contributed by atoms with Crippen LogP contribution < -0.4 is 5.32 Å². The topological polar surface area (TPSA) is 147 Å². The molecule has 298 valence electrons. The lowest BCUT2D eigenvalue weighted by Gasteiger charge is -2.38. The van der Waals surface area contributed by atoms with Gasteiger partial charge >= 0.3 is 5.97 Å². The molecule has 8 atom stereocenters. The number of nitrogens with zero attached hydrogens (tertiary/aromatic N) is 3. The van der Waals surface area contributed by atoms with Crippen molar-refractivity contribution >= 4 is 39.6 Å². The van der Waals surface area contributed by atoms with Gasteiger partial charge in [-0.2, -0.15) is 0 Å². The Morgan fingerprint density at radius 3 is 2.54 bits per heavy atom. The molecule has 4 aliphatic rings. The Balaban J connectivity index is 1.45. The van der Waals surface area contributed by atoms with Gasteiger partial charge in [0.25, 0.3) is 0 Å². The first-order valence-corrected chi connectivity index (χ1v) is 20.2. The van der Waals surface area contributed by atoms with Crippen LogP contribution in [0, 0.1) is 11.8 Å². The molecule has 1 spiro atoms. The van der Waals surface area contributed by atoms with Gasteiger partial charge in [0.05, 0.1) is 43.8 Å². The number of amides is 3. The van der Waals surface area contributed by atoms with Crippen molar-refractivity contribution in [1.29, 1.82) is 0 Å². The van der Waals surface area contributed by atoms with Crippen LogP contribution in [0.2, 0.25) is 0 Å². The van der Waals surface area contributed by atoms with Gasteiger partial charge in [-0.25, -0.2) is 0 Å². The fraction of sp³-hybridized carbons (Fsp3) is 0.650. The Bertz CT molecular complexity index is 1450. The van der Waals surface area contributed by atoms with Crippen molar-refractivity contribution in [2.24, 2.45) is 11.8 Å². The van der Waals surface area contributed by atoms with Crippen LogP contribution in [0.5, 0.6) is 0 Å². The molecule has 3 amide bonds. The number of unbranched alkanes of at least 4 members (excludes halogenated alkanes) is 3. The van der Waals surface area contributed by atoms with E-state index in [1.54, 1.807) is 22.0 Å². The number of hydrogen-bond acceptors (Lipinski definition) is 10. The number of halogens is 1. The number of rotatable bonds is 22. The van der Waals surface area contributed by atoms with E-state index < -0.39 is 47.7 Å². The Kier molecular flexibility index (Phi) is 15.7. The molecule has 5 rings (SSSR count). The van der Waals surface area contributed by atoms with Gasteiger partial charge in [0.1, 0.15) is 17.7 Å². The molecule has 1 unspecified atom stereocenters. The van der Waals surface area contributed by atoms with Gasteiger partial charge in [0.2, 0.25) is 17.7 Å². The molecule has 2 bridgehead atoms. The van der Waals surface area contributed by atoms with Crippen molar-refractivity contribution in [3.8, 4) is 0 Å². The standard InChI is InChI=1S/C40H57BrN4O9/c1-4-6-16-31(47)42-30(27-51-3)34(28-14-10-9-11-15-28)53-39(50)32-33-37(48)45(18-12-7-8-13-23-46)36(40(33)26-29(41)35(32)54-40)38(49)44(17-5-2)20-19-43-21-24-52-25-22-43/h4-5,9-11,14-15,29-30,32-36,46H,1-2,6-8,12-13,16-27H2,3H3,(H,42,47)/t29?,30-,32+,33-,34-,35+,36+,40-/m1/s1. The highest BCUT2D eigenvalue weighted by molar-refractivity contribution is 9.09. The zero-order valence-electron chi connectivity index (χ0n) is 31.5. The van der Waals surface area contributed by atoms with Crippen LogP contribution in [0.3, 0.4) is 0 Å². The molecule has 14 heteroatoms. The Morgan fingerprint density at radius 1 is 1.11 bits per heavy atom. The highest BCUT2D eigenvalue weighted by Gasteiger charge is 2.77. The molecule has 54 heavy (non-hydrogen) atoms. The fourth-order valence-electron chi connectivity index (χ4n) is 8.50. The van der Waals surface area contributed by atoms with Gasteiger partial charge in [0.15, 0.2) is 0 Å². The first kappa shape index (κ1) is 42.0. The van der Waals surface area contributed by atoms with E-state index >= 15 is 0 Å². The van der Waals surface area contributed by atoms with Crippen LogP contribution in [0.15, 0.2) is 55.6 Å². The Labute approximate surface area is 327 Å². The lowest BCUT2D eigenvalue weighted by Crippen LogP contribution is -2.57. The van der Waals surface area contributed by atoms with Gasteiger partial charge in [0, 0.05) is 64.2 Å². The normalized spacial score (nSPS) is 27.3. The molecule has 4 fully saturated rings. The molecular weight excluding hydrogens is 760 g/mol. The average molecular weight is 818 g/mol. The first-order chi connectivity index (χ1) is 26.2. The minimum Gasteiger partial charge on any atom is -0.455 e. The van der Waals surface area contributed by atoms with Crippen LogP contribution >= 0.6 is 15.9 Å². The largest absolute Gasteiger partial charge is 0.455 e. The van der Waals surface area contributed by atoms with Gasteiger partial charge in [-0.15, -0.1) is 13.2 Å². The molecule has 0 aliphatic carbocycles. The number of ether oxygens (including phenoxy) is 4. The number of esters is 1. The predicted octanol–water partition coefficient (Wildman–Crippen LogP) is 3.02. The number of fused-ring (bicyclic) bond motifs is 1. The number of likely N-dealkylation sites (tertiary alicyclic amines) is 1. The quantitative estimate of drug-likeness (QED) is 0.0776. The summed E-state index contributed by atoms with van der Waals surface area (Å²) in [6.07, 6.45) is 5.61. The number of alkyl halides is 1. The maximum atomic E-state index is 14.8. The van der Waals surface area contributed by atoms with Crippen molar-refractivity contribution in [3.05, 3.63) is 61.2 Å². The molecule has 2 N–H and O–H groups in total. The molecule has 0 saturated carbocycles. The molecule has 13 nitrogen and oxygen atoms in total. The smallest absolute Gasteiger partial charge is 0.313 e. The van der Waals surface area contributed by atoms with Gasteiger partial charge in [-0.05, 0) is 31.2 Å². The molecule has 4 heterocycles. The maximum Gasteiger partial charge on any atom is 0.313 e. The highest BCUT2D eigenvalue weighted by Crippen LogP contribution is 2.60. The number of carbonyl (C=O) groups is 4. The fourth-order valence-corrected chi connectivity index (χ4v) is 9.44. The average Bonchev–Trinajstić information content (AvgIpc) is 3.77. The molecule has 0 aromatic heterocycles. The SMILES string of the molecule is C=CCCC(=O)N[C@H](COC)[C@H](OC(=O)[C@@H]1[C@H]2O[C@@]3(CC2Br)[C@H](C(=O)N(CC=C)CCN2CCOCC2)N(CCCCCCO)C(=O)[C@@H]13)c1ccccc1. The number of aliphatic hydroxyl groups is 1. The van der Waals surface area contributed by atoms with E-state index in [0.29, 0.717) is 70.6 Å². The number of allylic oxidation sites excluding steroid dienone is 1. The maximum absolute atomic E-state index is 14.8. The van der Waals surface area contributed by atoms with Crippen molar-refractivity contribution in [2.45, 2.75) is 79.7 Å². The van der Waals surface area contributed by atoms with Crippen molar-refractivity contribution < 1.29 is 43.2 Å². The number of hydrogen-bond donors (Lipinski definition) is 2. The zero-order valence-corrected chi connectivity index (χ0v) is 33.0. The van der Waals surface area contributed by atoms with Gasteiger partial charge in [-0.1, -0.05) is 71.3 Å². The molecule has 0 radical (unpaired) electrons. The van der Waals surface area contributed by atoms with E-state index in [2.05, 4.69) is 39.3 Å². The minimum atomic E-state index is -1.26. The molecular formula is C40H57BrN4O9. The first-order valence-electron chi connectivity index (χ1n) is 19.3. The predicted molar refractivity (Wildman–Crippen MR) is 206 cm³/mol. The second-order valence-corrected chi connectivity index (χ2v) is 15.8. The summed E-state index contributed by atoms with van der Waals surface area (Å²) >= 11 is 3.77. The monoisotopic (exact) mass is 816 g/mol. The summed E-state index contributed by atoms with van der Waals surface area (Å²) in [4.78, 5) is 62.5. The summed E-state index contributed by atoms with van der Waals surface area (Å²) in [7, 11) is 1.51. The lowest BCUT2D eigenvalue weighted by molar-refractivity contribution is -0.163. The van der Waals surface area contributed by atoms with Crippen LogP contribution in [0.25, 0.3) is 0 Å². The molecule has 1 aromatic carbocycles. The van der Waals surface area contributed by atoms with Crippen LogP contribution in [-0.4, -0.2) is 145 Å². The number of morpholine rings is 1. The van der Waals surface area contributed by atoms with E-state index in [1.165, 1.54) is 7.11 Å². The highest BCUT2D eigenvalue weighted by atomic mass is 79.9. The van der Waals surface area contributed by atoms with Crippen molar-refractivity contribution in [3.63, 3.8) is 0 Å². The number of aliphatic hydroxyl groups excluding tert-OH is 1. The minimum absolute atomic E-state index is 0.0643. The second-order valence-electron chi connectivity index (χ2n) is 14.6. The third-order valence-electron chi connectivity index (χ3n) is 11.1. The summed E-state index contributed by atoms with van der Waals surface area (Å²) in [5, 5.41) is 12.3. The third kappa shape index (κ3) is 9.44. The number of carbonyl (C=O) groups excluding carboxylic acids is 4. The van der Waals surface area contributed by atoms with E-state index in [9.17, 15) is 24.3 Å². The number of benzene rings is 1. The van der Waals surface area contributed by atoms with Gasteiger partial charge < -0.3 is 39.2 Å². The third-order valence-corrected chi connectivity index (χ3v) is 11.9.